The minimum Gasteiger partial charge on any atom is -0.486 e. The Hall–Kier alpha value is -1.91. The van der Waals surface area contributed by atoms with Crippen molar-refractivity contribution in [1.29, 1.82) is 0 Å². The number of para-hydroxylation sites is 2. The smallest absolute Gasteiger partial charge is 0.191 e. The molecule has 5 heteroatoms. The molecule has 0 amide bonds. The molecule has 2 aliphatic rings. The maximum absolute atomic E-state index is 5.85. The number of aliphatic imine (C=N–C) groups is 1. The van der Waals surface area contributed by atoms with Crippen molar-refractivity contribution in [2.75, 3.05) is 19.7 Å². The first-order valence-corrected chi connectivity index (χ1v) is 6.24. The van der Waals surface area contributed by atoms with Gasteiger partial charge in [0.15, 0.2) is 17.5 Å². The zero-order valence-electron chi connectivity index (χ0n) is 10.3. The second-order valence-electron chi connectivity index (χ2n) is 4.61. The van der Waals surface area contributed by atoms with Gasteiger partial charge in [0.25, 0.3) is 0 Å². The lowest BCUT2D eigenvalue weighted by atomic mass is 10.2. The molecule has 18 heavy (non-hydrogen) atoms. The van der Waals surface area contributed by atoms with Crippen molar-refractivity contribution < 1.29 is 9.47 Å². The fraction of sp³-hybridized carbons (Fsp3) is 0.462. The monoisotopic (exact) mass is 247 g/mol. The summed E-state index contributed by atoms with van der Waals surface area (Å²) < 4.78 is 11.5. The molecule has 3 rings (SSSR count). The second-order valence-corrected chi connectivity index (χ2v) is 4.61. The van der Waals surface area contributed by atoms with E-state index in [1.54, 1.807) is 0 Å². The van der Waals surface area contributed by atoms with Crippen LogP contribution in [-0.2, 0) is 0 Å². The maximum atomic E-state index is 5.85. The molecule has 2 N–H and O–H groups in total. The highest BCUT2D eigenvalue weighted by Crippen LogP contribution is 2.30. The number of guanidine groups is 1. The van der Waals surface area contributed by atoms with E-state index in [0.29, 0.717) is 19.2 Å². The summed E-state index contributed by atoms with van der Waals surface area (Å²) in [7, 11) is 0. The summed E-state index contributed by atoms with van der Waals surface area (Å²) in [6, 6.07) is 8.15. The molecule has 2 heterocycles. The number of hydrogen-bond donors (Lipinski definition) is 2. The van der Waals surface area contributed by atoms with Crippen LogP contribution < -0.4 is 20.1 Å². The molecule has 1 aromatic rings. The van der Waals surface area contributed by atoms with Crippen molar-refractivity contribution in [3.05, 3.63) is 24.3 Å². The number of benzene rings is 1. The van der Waals surface area contributed by atoms with Crippen LogP contribution in [0.5, 0.6) is 11.5 Å². The first kappa shape index (κ1) is 11.2. The predicted octanol–water partition coefficient (Wildman–Crippen LogP) is 0.764. The average molecular weight is 247 g/mol. The first-order valence-electron chi connectivity index (χ1n) is 6.24. The van der Waals surface area contributed by atoms with Gasteiger partial charge in [-0.3, -0.25) is 4.99 Å². The Morgan fingerprint density at radius 2 is 2.22 bits per heavy atom. The Labute approximate surface area is 106 Å². The first-order chi connectivity index (χ1) is 8.81. The van der Waals surface area contributed by atoms with Crippen LogP contribution in [0.25, 0.3) is 0 Å². The Bertz CT molecular complexity index is 461. The van der Waals surface area contributed by atoms with Gasteiger partial charge in [-0.2, -0.15) is 0 Å². The molecule has 2 unspecified atom stereocenters. The predicted molar refractivity (Wildman–Crippen MR) is 69.3 cm³/mol. The SMILES string of the molecule is CC1CN=C(NCC2COc3ccccc3O2)N1. The van der Waals surface area contributed by atoms with E-state index in [4.69, 9.17) is 9.47 Å². The molecule has 0 aliphatic carbocycles. The lowest BCUT2D eigenvalue weighted by Gasteiger charge is -2.26. The number of hydrogen-bond acceptors (Lipinski definition) is 5. The van der Waals surface area contributed by atoms with E-state index in [0.717, 1.165) is 24.0 Å². The molecule has 0 saturated heterocycles. The highest BCUT2D eigenvalue weighted by Gasteiger charge is 2.21. The van der Waals surface area contributed by atoms with E-state index in [-0.39, 0.29) is 6.10 Å². The fourth-order valence-corrected chi connectivity index (χ4v) is 2.03. The van der Waals surface area contributed by atoms with Gasteiger partial charge in [-0.05, 0) is 19.1 Å². The van der Waals surface area contributed by atoms with Crippen molar-refractivity contribution in [3.8, 4) is 11.5 Å². The van der Waals surface area contributed by atoms with Crippen LogP contribution in [-0.4, -0.2) is 37.8 Å². The van der Waals surface area contributed by atoms with Gasteiger partial charge in [-0.15, -0.1) is 0 Å². The maximum Gasteiger partial charge on any atom is 0.191 e. The molecule has 96 valence electrons. The van der Waals surface area contributed by atoms with Gasteiger partial charge < -0.3 is 20.1 Å². The molecule has 0 bridgehead atoms. The van der Waals surface area contributed by atoms with Gasteiger partial charge >= 0.3 is 0 Å². The van der Waals surface area contributed by atoms with E-state index in [1.165, 1.54) is 0 Å². The molecule has 2 aliphatic heterocycles. The topological polar surface area (TPSA) is 54.9 Å². The van der Waals surface area contributed by atoms with Gasteiger partial charge in [-0.25, -0.2) is 0 Å². The van der Waals surface area contributed by atoms with E-state index >= 15 is 0 Å². The molecule has 0 spiro atoms. The van der Waals surface area contributed by atoms with Gasteiger partial charge in [0.2, 0.25) is 0 Å². The molecule has 0 fully saturated rings. The third-order valence-corrected chi connectivity index (χ3v) is 2.97. The largest absolute Gasteiger partial charge is 0.486 e. The lowest BCUT2D eigenvalue weighted by Crippen LogP contribution is -2.45. The number of fused-ring (bicyclic) bond motifs is 1. The van der Waals surface area contributed by atoms with E-state index in [1.807, 2.05) is 24.3 Å². The Kier molecular flexibility index (Phi) is 2.96. The number of nitrogens with zero attached hydrogens (tertiary/aromatic N) is 1. The molecule has 0 saturated carbocycles. The third kappa shape index (κ3) is 2.34. The Morgan fingerprint density at radius 3 is 3.00 bits per heavy atom. The van der Waals surface area contributed by atoms with Crippen molar-refractivity contribution >= 4 is 5.96 Å². The highest BCUT2D eigenvalue weighted by molar-refractivity contribution is 5.81. The van der Waals surface area contributed by atoms with Crippen molar-refractivity contribution in [2.24, 2.45) is 4.99 Å². The third-order valence-electron chi connectivity index (χ3n) is 2.97. The summed E-state index contributed by atoms with van der Waals surface area (Å²) in [6.45, 7) is 4.18. The lowest BCUT2D eigenvalue weighted by molar-refractivity contribution is 0.0936. The summed E-state index contributed by atoms with van der Waals surface area (Å²) in [5, 5.41) is 6.50. The van der Waals surface area contributed by atoms with Gasteiger partial charge in [0.1, 0.15) is 12.7 Å². The summed E-state index contributed by atoms with van der Waals surface area (Å²) >= 11 is 0. The highest BCUT2D eigenvalue weighted by atomic mass is 16.6. The van der Waals surface area contributed by atoms with E-state index < -0.39 is 0 Å². The van der Waals surface area contributed by atoms with Crippen LogP contribution in [0.1, 0.15) is 6.92 Å². The summed E-state index contributed by atoms with van der Waals surface area (Å²) in [6.07, 6.45) is 0.0142. The van der Waals surface area contributed by atoms with Gasteiger partial charge in [0, 0.05) is 6.04 Å². The Balaban J connectivity index is 1.54. The van der Waals surface area contributed by atoms with E-state index in [2.05, 4.69) is 22.5 Å². The van der Waals surface area contributed by atoms with Crippen molar-refractivity contribution in [2.45, 2.75) is 19.1 Å². The van der Waals surface area contributed by atoms with Gasteiger partial charge in [-0.1, -0.05) is 12.1 Å². The molecule has 0 aromatic heterocycles. The minimum absolute atomic E-state index is 0.0142. The van der Waals surface area contributed by atoms with Crippen LogP contribution in [0.15, 0.2) is 29.3 Å². The Morgan fingerprint density at radius 1 is 1.39 bits per heavy atom. The summed E-state index contributed by atoms with van der Waals surface area (Å²) in [5.41, 5.74) is 0. The van der Waals surface area contributed by atoms with Crippen LogP contribution in [0, 0.1) is 0 Å². The molecule has 2 atom stereocenters. The summed E-state index contributed by atoms with van der Waals surface area (Å²) in [4.78, 5) is 4.34. The minimum atomic E-state index is 0.0142. The number of ether oxygens (including phenoxy) is 2. The molecule has 5 nitrogen and oxygen atoms in total. The van der Waals surface area contributed by atoms with Crippen LogP contribution in [0.3, 0.4) is 0 Å². The fourth-order valence-electron chi connectivity index (χ4n) is 2.03. The average Bonchev–Trinajstić information content (AvgIpc) is 2.82. The number of nitrogens with one attached hydrogen (secondary N) is 2. The number of rotatable bonds is 2. The van der Waals surface area contributed by atoms with Crippen molar-refractivity contribution in [3.63, 3.8) is 0 Å². The molecule has 0 radical (unpaired) electrons. The van der Waals surface area contributed by atoms with Crippen LogP contribution >= 0.6 is 0 Å². The molecular formula is C13H17N3O2. The van der Waals surface area contributed by atoms with E-state index in [9.17, 15) is 0 Å². The quantitative estimate of drug-likeness (QED) is 0.810. The zero-order valence-corrected chi connectivity index (χ0v) is 10.3. The molecule has 1 aromatic carbocycles. The van der Waals surface area contributed by atoms with Crippen LogP contribution in [0.2, 0.25) is 0 Å². The second kappa shape index (κ2) is 4.76. The van der Waals surface area contributed by atoms with Crippen LogP contribution in [0.4, 0.5) is 0 Å². The summed E-state index contributed by atoms with van der Waals surface area (Å²) in [5.74, 6) is 2.48. The zero-order chi connectivity index (χ0) is 12.4. The normalized spacial score (nSPS) is 25.3. The van der Waals surface area contributed by atoms with Crippen molar-refractivity contribution in [1.82, 2.24) is 10.6 Å². The molecular weight excluding hydrogens is 230 g/mol. The van der Waals surface area contributed by atoms with Gasteiger partial charge in [0.05, 0.1) is 13.1 Å². The standard InChI is InChI=1S/C13H17N3O2/c1-9-6-14-13(16-9)15-7-10-8-17-11-4-2-3-5-12(11)18-10/h2-5,9-10H,6-8H2,1H3,(H2,14,15,16).